The van der Waals surface area contributed by atoms with E-state index >= 15 is 0 Å². The van der Waals surface area contributed by atoms with Crippen molar-refractivity contribution in [2.75, 3.05) is 12.4 Å². The van der Waals surface area contributed by atoms with Gasteiger partial charge < -0.3 is 5.32 Å². The standard InChI is InChI=1S/C11H12ClF2NO/c1-7(5-12)6-15-11(16)9-4-8(13)2-3-10(9)14/h2-4,7H,5-6H2,1H3,(H,15,16). The van der Waals surface area contributed by atoms with E-state index in [1.807, 2.05) is 6.92 Å². The summed E-state index contributed by atoms with van der Waals surface area (Å²) < 4.78 is 26.0. The predicted octanol–water partition coefficient (Wildman–Crippen LogP) is 2.57. The molecule has 0 aromatic heterocycles. The Labute approximate surface area is 97.6 Å². The molecule has 1 amide bonds. The maximum Gasteiger partial charge on any atom is 0.254 e. The molecule has 0 bridgehead atoms. The van der Waals surface area contributed by atoms with Gasteiger partial charge in [-0.1, -0.05) is 6.92 Å². The van der Waals surface area contributed by atoms with Crippen LogP contribution in [0.2, 0.25) is 0 Å². The average Bonchev–Trinajstić information content (AvgIpc) is 2.28. The molecule has 0 heterocycles. The molecule has 0 fully saturated rings. The van der Waals surface area contributed by atoms with E-state index < -0.39 is 17.5 Å². The lowest BCUT2D eigenvalue weighted by molar-refractivity contribution is 0.0944. The number of carbonyl (C=O) groups excluding carboxylic acids is 1. The third kappa shape index (κ3) is 3.45. The number of rotatable bonds is 4. The summed E-state index contributed by atoms with van der Waals surface area (Å²) in [5.41, 5.74) is -0.290. The quantitative estimate of drug-likeness (QED) is 0.814. The van der Waals surface area contributed by atoms with Crippen molar-refractivity contribution in [3.8, 4) is 0 Å². The first kappa shape index (κ1) is 12.9. The molecule has 5 heteroatoms. The Morgan fingerprint density at radius 1 is 1.50 bits per heavy atom. The van der Waals surface area contributed by atoms with E-state index in [9.17, 15) is 13.6 Å². The fourth-order valence-corrected chi connectivity index (χ4v) is 1.20. The molecular formula is C11H12ClF2NO. The van der Waals surface area contributed by atoms with Gasteiger partial charge in [0, 0.05) is 12.4 Å². The van der Waals surface area contributed by atoms with Crippen molar-refractivity contribution in [1.29, 1.82) is 0 Å². The highest BCUT2D eigenvalue weighted by molar-refractivity contribution is 6.18. The van der Waals surface area contributed by atoms with Crippen molar-refractivity contribution < 1.29 is 13.6 Å². The zero-order valence-electron chi connectivity index (χ0n) is 8.77. The van der Waals surface area contributed by atoms with Crippen molar-refractivity contribution in [3.63, 3.8) is 0 Å². The summed E-state index contributed by atoms with van der Waals surface area (Å²) in [6.45, 7) is 2.17. The second-order valence-corrected chi connectivity index (χ2v) is 3.90. The summed E-state index contributed by atoms with van der Waals surface area (Å²) in [4.78, 5) is 11.5. The molecule has 88 valence electrons. The first-order valence-corrected chi connectivity index (χ1v) is 5.37. The molecule has 0 saturated carbocycles. The summed E-state index contributed by atoms with van der Waals surface area (Å²) in [5.74, 6) is -1.53. The molecular weight excluding hydrogens is 236 g/mol. The molecule has 0 aliphatic carbocycles. The Balaban J connectivity index is 2.69. The lowest BCUT2D eigenvalue weighted by Crippen LogP contribution is -2.29. The van der Waals surface area contributed by atoms with Gasteiger partial charge in [0.15, 0.2) is 0 Å². The van der Waals surface area contributed by atoms with Crippen molar-refractivity contribution in [1.82, 2.24) is 5.32 Å². The van der Waals surface area contributed by atoms with Gasteiger partial charge >= 0.3 is 0 Å². The Bertz CT molecular complexity index is 384. The highest BCUT2D eigenvalue weighted by atomic mass is 35.5. The topological polar surface area (TPSA) is 29.1 Å². The summed E-state index contributed by atoms with van der Waals surface area (Å²) in [6, 6.07) is 2.76. The second kappa shape index (κ2) is 5.80. The number of carbonyl (C=O) groups is 1. The molecule has 0 aliphatic rings. The van der Waals surface area contributed by atoms with Crippen LogP contribution in [-0.2, 0) is 0 Å². The van der Waals surface area contributed by atoms with E-state index in [1.165, 1.54) is 0 Å². The fraction of sp³-hybridized carbons (Fsp3) is 0.364. The van der Waals surface area contributed by atoms with Crippen molar-refractivity contribution in [3.05, 3.63) is 35.4 Å². The third-order valence-electron chi connectivity index (χ3n) is 2.05. The predicted molar refractivity (Wildman–Crippen MR) is 58.6 cm³/mol. The lowest BCUT2D eigenvalue weighted by atomic mass is 10.1. The highest BCUT2D eigenvalue weighted by Gasteiger charge is 2.13. The fourth-order valence-electron chi connectivity index (χ4n) is 1.09. The van der Waals surface area contributed by atoms with Crippen LogP contribution in [0.1, 0.15) is 17.3 Å². The van der Waals surface area contributed by atoms with Crippen LogP contribution in [0.3, 0.4) is 0 Å². The largest absolute Gasteiger partial charge is 0.352 e. The smallest absolute Gasteiger partial charge is 0.254 e. The minimum absolute atomic E-state index is 0.0854. The monoisotopic (exact) mass is 247 g/mol. The lowest BCUT2D eigenvalue weighted by Gasteiger charge is -2.09. The molecule has 0 saturated heterocycles. The van der Waals surface area contributed by atoms with Gasteiger partial charge in [-0.2, -0.15) is 0 Å². The molecule has 0 spiro atoms. The third-order valence-corrected chi connectivity index (χ3v) is 2.57. The Morgan fingerprint density at radius 2 is 2.19 bits per heavy atom. The van der Waals surface area contributed by atoms with Crippen molar-refractivity contribution in [2.24, 2.45) is 5.92 Å². The van der Waals surface area contributed by atoms with Crippen molar-refractivity contribution in [2.45, 2.75) is 6.92 Å². The molecule has 1 aromatic carbocycles. The molecule has 1 unspecified atom stereocenters. The number of amides is 1. The van der Waals surface area contributed by atoms with Crippen molar-refractivity contribution >= 4 is 17.5 Å². The summed E-state index contributed by atoms with van der Waals surface area (Å²) in [6.07, 6.45) is 0. The van der Waals surface area contributed by atoms with Crippen LogP contribution in [-0.4, -0.2) is 18.3 Å². The number of hydrogen-bond acceptors (Lipinski definition) is 1. The number of benzene rings is 1. The minimum atomic E-state index is -0.738. The molecule has 1 aromatic rings. The van der Waals surface area contributed by atoms with Crippen LogP contribution in [0.25, 0.3) is 0 Å². The Hall–Kier alpha value is -1.16. The van der Waals surface area contributed by atoms with E-state index in [2.05, 4.69) is 5.32 Å². The van der Waals surface area contributed by atoms with Crippen LogP contribution >= 0.6 is 11.6 Å². The Morgan fingerprint density at radius 3 is 2.81 bits per heavy atom. The van der Waals surface area contributed by atoms with Gasteiger partial charge in [0.1, 0.15) is 11.6 Å². The van der Waals surface area contributed by atoms with Gasteiger partial charge in [-0.3, -0.25) is 4.79 Å². The van der Waals surface area contributed by atoms with E-state index in [4.69, 9.17) is 11.6 Å². The number of halogens is 3. The van der Waals surface area contributed by atoms with Crippen LogP contribution in [0, 0.1) is 17.6 Å². The maximum atomic E-state index is 13.2. The summed E-state index contributed by atoms with van der Waals surface area (Å²) in [7, 11) is 0. The van der Waals surface area contributed by atoms with Gasteiger partial charge in [0.2, 0.25) is 0 Å². The van der Waals surface area contributed by atoms with Crippen LogP contribution in [0.4, 0.5) is 8.78 Å². The molecule has 1 N–H and O–H groups in total. The highest BCUT2D eigenvalue weighted by Crippen LogP contribution is 2.09. The second-order valence-electron chi connectivity index (χ2n) is 3.59. The van der Waals surface area contributed by atoms with Gasteiger partial charge in [-0.15, -0.1) is 11.6 Å². The molecule has 1 rings (SSSR count). The van der Waals surface area contributed by atoms with E-state index in [1.54, 1.807) is 0 Å². The molecule has 2 nitrogen and oxygen atoms in total. The number of nitrogens with one attached hydrogen (secondary N) is 1. The van der Waals surface area contributed by atoms with Gasteiger partial charge in [-0.05, 0) is 24.1 Å². The van der Waals surface area contributed by atoms with Crippen LogP contribution < -0.4 is 5.32 Å². The summed E-state index contributed by atoms with van der Waals surface area (Å²) in [5, 5.41) is 2.49. The normalized spacial score (nSPS) is 12.2. The van der Waals surface area contributed by atoms with Gasteiger partial charge in [0.25, 0.3) is 5.91 Å². The Kier molecular flexibility index (Phi) is 4.68. The SMILES string of the molecule is CC(CCl)CNC(=O)c1cc(F)ccc1F. The van der Waals surface area contributed by atoms with E-state index in [0.29, 0.717) is 12.4 Å². The first-order valence-electron chi connectivity index (χ1n) is 4.83. The van der Waals surface area contributed by atoms with Crippen LogP contribution in [0.5, 0.6) is 0 Å². The first-order chi connectivity index (χ1) is 7.54. The molecule has 1 atom stereocenters. The maximum absolute atomic E-state index is 13.2. The number of alkyl halides is 1. The number of hydrogen-bond donors (Lipinski definition) is 1. The van der Waals surface area contributed by atoms with E-state index in [0.717, 1.165) is 18.2 Å². The van der Waals surface area contributed by atoms with E-state index in [-0.39, 0.29) is 11.5 Å². The zero-order chi connectivity index (χ0) is 12.1. The molecule has 16 heavy (non-hydrogen) atoms. The molecule has 0 radical (unpaired) electrons. The molecule has 0 aliphatic heterocycles. The summed E-state index contributed by atoms with van der Waals surface area (Å²) >= 11 is 5.55. The average molecular weight is 248 g/mol. The van der Waals surface area contributed by atoms with Gasteiger partial charge in [0.05, 0.1) is 5.56 Å². The van der Waals surface area contributed by atoms with Gasteiger partial charge in [-0.25, -0.2) is 8.78 Å². The van der Waals surface area contributed by atoms with Crippen LogP contribution in [0.15, 0.2) is 18.2 Å². The minimum Gasteiger partial charge on any atom is -0.352 e. The zero-order valence-corrected chi connectivity index (χ0v) is 9.52.